The number of amides is 2. The number of sulfonamides is 1. The third kappa shape index (κ3) is 10.6. The van der Waals surface area contributed by atoms with Gasteiger partial charge >= 0.3 is 6.09 Å². The van der Waals surface area contributed by atoms with Crippen molar-refractivity contribution in [1.82, 2.24) is 0 Å². The molecule has 0 aliphatic rings. The number of phenols is 2. The molecule has 0 spiro atoms. The van der Waals surface area contributed by atoms with Gasteiger partial charge in [-0.1, -0.05) is 47.6 Å². The van der Waals surface area contributed by atoms with E-state index < -0.39 is 27.4 Å². The maximum absolute atomic E-state index is 12.6. The van der Waals surface area contributed by atoms with Crippen molar-refractivity contribution in [3.05, 3.63) is 76.3 Å². The van der Waals surface area contributed by atoms with Gasteiger partial charge in [0.25, 0.3) is 5.91 Å². The van der Waals surface area contributed by atoms with Gasteiger partial charge in [0.05, 0.1) is 24.2 Å². The van der Waals surface area contributed by atoms with Crippen molar-refractivity contribution < 1.29 is 42.5 Å². The van der Waals surface area contributed by atoms with Crippen LogP contribution < -0.4 is 15.4 Å². The Morgan fingerprint density at radius 1 is 0.804 bits per heavy atom. The molecule has 13 heteroatoms. The Bertz CT molecular complexity index is 1720. The van der Waals surface area contributed by atoms with E-state index in [1.807, 2.05) is 41.5 Å². The highest BCUT2D eigenvalue weighted by Crippen LogP contribution is 2.38. The second kappa shape index (κ2) is 14.9. The number of nitrogens with one attached hydrogen (secondary N) is 3. The van der Waals surface area contributed by atoms with Crippen LogP contribution in [0.2, 0.25) is 0 Å². The van der Waals surface area contributed by atoms with Gasteiger partial charge < -0.3 is 20.3 Å². The fourth-order valence-electron chi connectivity index (χ4n) is 4.19. The van der Waals surface area contributed by atoms with Gasteiger partial charge in [0, 0.05) is 33.5 Å². The zero-order valence-electron chi connectivity index (χ0n) is 27.1. The molecular weight excluding hydrogens is 614 g/mol. The maximum Gasteiger partial charge on any atom is 0.411 e. The second-order valence-corrected chi connectivity index (χ2v) is 14.2. The average molecular weight is 656 g/mol. The molecule has 0 aromatic heterocycles. The Morgan fingerprint density at radius 2 is 1.28 bits per heavy atom. The molecule has 0 bridgehead atoms. The summed E-state index contributed by atoms with van der Waals surface area (Å²) in [6, 6.07) is 11.9. The molecule has 0 aliphatic heterocycles. The fraction of sp³-hybridized carbons (Fsp3) is 0.333. The Labute approximate surface area is 269 Å². The summed E-state index contributed by atoms with van der Waals surface area (Å²) in [4.78, 5) is 46.1. The zero-order chi connectivity index (χ0) is 35.0. The van der Waals surface area contributed by atoms with Crippen LogP contribution in [0.3, 0.4) is 0 Å². The van der Waals surface area contributed by atoms with Crippen LogP contribution in [-0.2, 0) is 25.6 Å². The number of benzene rings is 3. The van der Waals surface area contributed by atoms with E-state index >= 15 is 0 Å². The van der Waals surface area contributed by atoms with Crippen LogP contribution in [0.5, 0.6) is 11.5 Å². The smallest absolute Gasteiger partial charge is 0.411 e. The molecule has 3 aromatic rings. The van der Waals surface area contributed by atoms with Crippen LogP contribution in [0.4, 0.5) is 21.9 Å². The molecule has 0 atom stereocenters. The zero-order valence-corrected chi connectivity index (χ0v) is 28.0. The number of aldehydes is 2. The second-order valence-electron chi connectivity index (χ2n) is 12.4. The number of phenolic OH excluding ortho intramolecular Hbond substituents is 2. The number of carbonyl (C=O) groups is 4. The van der Waals surface area contributed by atoms with Crippen molar-refractivity contribution in [2.45, 2.75) is 59.3 Å². The number of aromatic hydroxyl groups is 2. The van der Waals surface area contributed by atoms with Gasteiger partial charge in [-0.25, -0.2) is 13.2 Å². The first kappa shape index (κ1) is 37.3. The third-order valence-corrected chi connectivity index (χ3v) is 6.95. The number of ether oxygens (including phenoxy) is 1. The summed E-state index contributed by atoms with van der Waals surface area (Å²) in [5.74, 6) is -0.719. The van der Waals surface area contributed by atoms with Gasteiger partial charge in [0.15, 0.2) is 0 Å². The van der Waals surface area contributed by atoms with Crippen molar-refractivity contribution in [3.8, 4) is 11.5 Å². The van der Waals surface area contributed by atoms with E-state index in [9.17, 15) is 37.8 Å². The molecular formula is C33H41N3O9S. The molecule has 0 fully saturated rings. The van der Waals surface area contributed by atoms with Crippen LogP contribution >= 0.6 is 0 Å². The van der Waals surface area contributed by atoms with Gasteiger partial charge in [-0.3, -0.25) is 24.4 Å². The third-order valence-electron chi connectivity index (χ3n) is 6.34. The number of hydrogen-bond acceptors (Lipinski definition) is 9. The monoisotopic (exact) mass is 655 g/mol. The van der Waals surface area contributed by atoms with E-state index in [0.29, 0.717) is 34.8 Å². The van der Waals surface area contributed by atoms with Gasteiger partial charge in [0.1, 0.15) is 24.1 Å². The van der Waals surface area contributed by atoms with E-state index in [4.69, 9.17) is 4.74 Å². The Morgan fingerprint density at radius 3 is 1.70 bits per heavy atom. The molecule has 0 radical (unpaired) electrons. The summed E-state index contributed by atoms with van der Waals surface area (Å²) < 4.78 is 29.7. The van der Waals surface area contributed by atoms with Crippen molar-refractivity contribution in [2.24, 2.45) is 0 Å². The lowest BCUT2D eigenvalue weighted by Crippen LogP contribution is -2.16. The highest BCUT2D eigenvalue weighted by Gasteiger charge is 2.24. The lowest BCUT2D eigenvalue weighted by atomic mass is 9.85. The van der Waals surface area contributed by atoms with Crippen molar-refractivity contribution in [3.63, 3.8) is 0 Å². The normalized spacial score (nSPS) is 11.4. The summed E-state index contributed by atoms with van der Waals surface area (Å²) in [7, 11) is -3.48. The summed E-state index contributed by atoms with van der Waals surface area (Å²) in [6.07, 6.45) is 1.66. The van der Waals surface area contributed by atoms with Crippen molar-refractivity contribution in [2.75, 3.05) is 28.2 Å². The maximum atomic E-state index is 12.6. The molecule has 2 amide bonds. The van der Waals surface area contributed by atoms with E-state index in [1.165, 1.54) is 36.4 Å². The van der Waals surface area contributed by atoms with E-state index in [0.717, 1.165) is 6.26 Å². The Balaban J connectivity index is 0.000000341. The standard InChI is InChI=1S/C19H22N2O5S.C14H19NO4/c1-19(2,3)15-8-12(11-22)9-16(17(15)23)20-18(24)13-6-5-7-14(10-13)21-27(4,25)26;1-5-19-13(18)15-11-7-9(8-16)6-10(12(11)17)14(2,3)4/h5-11,21,23H,1-4H3,(H,20,24);6-8,17H,5H2,1-4H3,(H,15,18). The lowest BCUT2D eigenvalue weighted by Gasteiger charge is -2.22. The molecule has 0 aliphatic carbocycles. The van der Waals surface area contributed by atoms with Gasteiger partial charge in [0.2, 0.25) is 10.0 Å². The van der Waals surface area contributed by atoms with Gasteiger partial charge in [-0.05, 0) is 60.2 Å². The minimum absolute atomic E-state index is 0.0499. The van der Waals surface area contributed by atoms with Crippen molar-refractivity contribution >= 4 is 51.7 Å². The molecule has 248 valence electrons. The minimum Gasteiger partial charge on any atom is -0.505 e. The van der Waals surface area contributed by atoms with Crippen LogP contribution in [0.1, 0.15) is 90.7 Å². The fourth-order valence-corrected chi connectivity index (χ4v) is 4.75. The Kier molecular flexibility index (Phi) is 12.1. The molecule has 5 N–H and O–H groups in total. The van der Waals surface area contributed by atoms with E-state index in [2.05, 4.69) is 15.4 Å². The summed E-state index contributed by atoms with van der Waals surface area (Å²) in [5.41, 5.74) is 1.73. The predicted octanol–water partition coefficient (Wildman–Crippen LogP) is 6.20. The molecule has 46 heavy (non-hydrogen) atoms. The van der Waals surface area contributed by atoms with Crippen LogP contribution in [-0.4, -0.2) is 56.1 Å². The number of anilines is 3. The quantitative estimate of drug-likeness (QED) is 0.139. The number of carbonyl (C=O) groups excluding carboxylic acids is 4. The highest BCUT2D eigenvalue weighted by molar-refractivity contribution is 7.92. The first-order valence-corrected chi connectivity index (χ1v) is 16.1. The highest BCUT2D eigenvalue weighted by atomic mass is 32.2. The van der Waals surface area contributed by atoms with E-state index in [-0.39, 0.29) is 46.1 Å². The molecule has 0 heterocycles. The van der Waals surface area contributed by atoms with Crippen LogP contribution in [0.25, 0.3) is 0 Å². The van der Waals surface area contributed by atoms with Crippen LogP contribution in [0, 0.1) is 0 Å². The first-order valence-electron chi connectivity index (χ1n) is 14.2. The van der Waals surface area contributed by atoms with Gasteiger partial charge in [-0.15, -0.1) is 0 Å². The molecule has 3 aromatic carbocycles. The topological polar surface area (TPSA) is 188 Å². The Hall–Kier alpha value is -4.91. The summed E-state index contributed by atoms with van der Waals surface area (Å²) in [6.45, 7) is 13.3. The minimum atomic E-state index is -3.48. The molecule has 0 saturated heterocycles. The SMILES string of the molecule is CC(C)(C)c1cc(C=O)cc(NC(=O)c2cccc(NS(C)(=O)=O)c2)c1O.CCOC(=O)Nc1cc(C=O)cc(C(C)(C)C)c1O. The molecule has 0 saturated carbocycles. The van der Waals surface area contributed by atoms with Crippen molar-refractivity contribution in [1.29, 1.82) is 0 Å². The number of hydrogen-bond donors (Lipinski definition) is 5. The van der Waals surface area contributed by atoms with E-state index in [1.54, 1.807) is 19.1 Å². The van der Waals surface area contributed by atoms with Crippen LogP contribution in [0.15, 0.2) is 48.5 Å². The molecule has 3 rings (SSSR count). The largest absolute Gasteiger partial charge is 0.505 e. The van der Waals surface area contributed by atoms with Gasteiger partial charge in [-0.2, -0.15) is 0 Å². The first-order chi connectivity index (χ1) is 21.2. The average Bonchev–Trinajstić information content (AvgIpc) is 2.93. The molecule has 0 unspecified atom stereocenters. The number of rotatable bonds is 8. The summed E-state index contributed by atoms with van der Waals surface area (Å²) >= 11 is 0. The predicted molar refractivity (Wildman–Crippen MR) is 178 cm³/mol. The molecule has 12 nitrogen and oxygen atoms in total. The lowest BCUT2D eigenvalue weighted by molar-refractivity contribution is 0.102. The summed E-state index contributed by atoms with van der Waals surface area (Å²) in [5, 5.41) is 25.7.